The number of rotatable bonds is 8. The van der Waals surface area contributed by atoms with Crippen molar-refractivity contribution in [2.45, 2.75) is 58.4 Å². The molecule has 0 aliphatic heterocycles. The van der Waals surface area contributed by atoms with Gasteiger partial charge in [-0.1, -0.05) is 33.1 Å². The Morgan fingerprint density at radius 1 is 1.17 bits per heavy atom. The van der Waals surface area contributed by atoms with Gasteiger partial charge in [-0.15, -0.1) is 0 Å². The molecule has 1 saturated carbocycles. The highest BCUT2D eigenvalue weighted by Crippen LogP contribution is 2.27. The summed E-state index contributed by atoms with van der Waals surface area (Å²) in [6, 6.07) is 0.174. The second-order valence-corrected chi connectivity index (χ2v) is 7.08. The summed E-state index contributed by atoms with van der Waals surface area (Å²) in [4.78, 5) is 0. The fraction of sp³-hybridized carbons (Fsp3) is 1.00. The first kappa shape index (κ1) is 15.9. The second-order valence-electron chi connectivity index (χ2n) is 5.20. The lowest BCUT2D eigenvalue weighted by Crippen LogP contribution is -2.43. The molecule has 5 heteroatoms. The van der Waals surface area contributed by atoms with Crippen molar-refractivity contribution in [1.29, 1.82) is 0 Å². The number of nitrogens with one attached hydrogen (secondary N) is 2. The van der Waals surface area contributed by atoms with E-state index in [1.54, 1.807) is 0 Å². The minimum atomic E-state index is -3.09. The molecular weight excluding hydrogens is 248 g/mol. The zero-order chi connectivity index (χ0) is 13.4. The fourth-order valence-electron chi connectivity index (χ4n) is 2.70. The van der Waals surface area contributed by atoms with E-state index in [4.69, 9.17) is 0 Å². The van der Waals surface area contributed by atoms with Gasteiger partial charge in [-0.2, -0.15) is 0 Å². The van der Waals surface area contributed by atoms with Crippen molar-refractivity contribution in [2.24, 2.45) is 5.92 Å². The molecule has 0 heterocycles. The van der Waals surface area contributed by atoms with Crippen molar-refractivity contribution in [3.05, 3.63) is 0 Å². The molecule has 0 radical (unpaired) electrons. The van der Waals surface area contributed by atoms with Crippen LogP contribution in [-0.2, 0) is 10.0 Å². The van der Waals surface area contributed by atoms with E-state index in [9.17, 15) is 8.42 Å². The van der Waals surface area contributed by atoms with Gasteiger partial charge in [0.15, 0.2) is 0 Å². The van der Waals surface area contributed by atoms with Crippen LogP contribution < -0.4 is 10.0 Å². The molecule has 0 spiro atoms. The maximum absolute atomic E-state index is 12.0. The van der Waals surface area contributed by atoms with E-state index < -0.39 is 10.0 Å². The predicted octanol–water partition coefficient (Wildman–Crippen LogP) is 1.87. The van der Waals surface area contributed by atoms with E-state index in [-0.39, 0.29) is 11.8 Å². The Kier molecular flexibility index (Phi) is 7.19. The van der Waals surface area contributed by atoms with Crippen molar-refractivity contribution in [3.63, 3.8) is 0 Å². The summed E-state index contributed by atoms with van der Waals surface area (Å²) in [7, 11) is -3.09. The van der Waals surface area contributed by atoms with Crippen LogP contribution in [0.4, 0.5) is 0 Å². The molecule has 0 bridgehead atoms. The summed E-state index contributed by atoms with van der Waals surface area (Å²) in [6.07, 6.45) is 6.33. The first-order valence-electron chi connectivity index (χ1n) is 7.29. The Balaban J connectivity index is 2.38. The Bertz CT molecular complexity index is 317. The molecule has 1 aliphatic rings. The van der Waals surface area contributed by atoms with Gasteiger partial charge in [0.2, 0.25) is 10.0 Å². The molecule has 0 saturated heterocycles. The third kappa shape index (κ3) is 5.67. The van der Waals surface area contributed by atoms with Crippen LogP contribution in [0.2, 0.25) is 0 Å². The van der Waals surface area contributed by atoms with Gasteiger partial charge in [0.1, 0.15) is 0 Å². The van der Waals surface area contributed by atoms with Gasteiger partial charge in [-0.25, -0.2) is 13.1 Å². The molecular formula is C13H28N2O2S. The van der Waals surface area contributed by atoms with Gasteiger partial charge < -0.3 is 5.32 Å². The first-order chi connectivity index (χ1) is 8.59. The van der Waals surface area contributed by atoms with Crippen LogP contribution >= 0.6 is 0 Å². The summed E-state index contributed by atoms with van der Waals surface area (Å²) in [5, 5.41) is 3.15. The zero-order valence-electron chi connectivity index (χ0n) is 11.7. The fourth-order valence-corrected chi connectivity index (χ4v) is 4.12. The van der Waals surface area contributed by atoms with Gasteiger partial charge in [0.25, 0.3) is 0 Å². The monoisotopic (exact) mass is 276 g/mol. The summed E-state index contributed by atoms with van der Waals surface area (Å²) in [6.45, 7) is 5.86. The standard InChI is InChI=1S/C13H28N2O2S/c1-3-12-8-5-6-9-13(12)15-18(16,17)11-7-10-14-4-2/h12-15H,3-11H2,1-2H3. The lowest BCUT2D eigenvalue weighted by atomic mass is 9.83. The lowest BCUT2D eigenvalue weighted by molar-refractivity contribution is 0.282. The van der Waals surface area contributed by atoms with Crippen LogP contribution in [0.1, 0.15) is 52.4 Å². The highest BCUT2D eigenvalue weighted by atomic mass is 32.2. The third-order valence-corrected chi connectivity index (χ3v) is 5.27. The van der Waals surface area contributed by atoms with Gasteiger partial charge in [-0.3, -0.25) is 0 Å². The topological polar surface area (TPSA) is 58.2 Å². The van der Waals surface area contributed by atoms with Crippen LogP contribution in [0, 0.1) is 5.92 Å². The molecule has 18 heavy (non-hydrogen) atoms. The van der Waals surface area contributed by atoms with Crippen molar-refractivity contribution < 1.29 is 8.42 Å². The zero-order valence-corrected chi connectivity index (χ0v) is 12.6. The van der Waals surface area contributed by atoms with E-state index >= 15 is 0 Å². The Morgan fingerprint density at radius 3 is 2.56 bits per heavy atom. The smallest absolute Gasteiger partial charge is 0.211 e. The highest BCUT2D eigenvalue weighted by Gasteiger charge is 2.27. The van der Waals surface area contributed by atoms with Crippen LogP contribution in [-0.4, -0.2) is 33.3 Å². The maximum Gasteiger partial charge on any atom is 0.211 e. The summed E-state index contributed by atoms with van der Waals surface area (Å²) >= 11 is 0. The molecule has 1 aliphatic carbocycles. The number of hydrogen-bond acceptors (Lipinski definition) is 3. The second kappa shape index (κ2) is 8.12. The summed E-state index contributed by atoms with van der Waals surface area (Å²) < 4.78 is 26.9. The largest absolute Gasteiger partial charge is 0.317 e. The van der Waals surface area contributed by atoms with Crippen LogP contribution in [0.5, 0.6) is 0 Å². The lowest BCUT2D eigenvalue weighted by Gasteiger charge is -2.31. The minimum Gasteiger partial charge on any atom is -0.317 e. The van der Waals surface area contributed by atoms with Gasteiger partial charge in [0, 0.05) is 6.04 Å². The molecule has 4 nitrogen and oxygen atoms in total. The van der Waals surface area contributed by atoms with Crippen molar-refractivity contribution in [1.82, 2.24) is 10.0 Å². The molecule has 0 aromatic heterocycles. The average Bonchev–Trinajstić information content (AvgIpc) is 2.35. The molecule has 0 aromatic carbocycles. The van der Waals surface area contributed by atoms with E-state index in [2.05, 4.69) is 17.0 Å². The molecule has 0 aromatic rings. The summed E-state index contributed by atoms with van der Waals surface area (Å²) in [5.74, 6) is 0.773. The van der Waals surface area contributed by atoms with Crippen LogP contribution in [0.3, 0.4) is 0 Å². The quantitative estimate of drug-likeness (QED) is 0.665. The molecule has 0 amide bonds. The maximum atomic E-state index is 12.0. The predicted molar refractivity (Wildman–Crippen MR) is 76.1 cm³/mol. The van der Waals surface area contributed by atoms with Gasteiger partial charge in [-0.05, 0) is 38.3 Å². The Labute approximate surface area is 112 Å². The number of sulfonamides is 1. The van der Waals surface area contributed by atoms with E-state index in [0.29, 0.717) is 12.3 Å². The average molecular weight is 276 g/mol. The molecule has 108 valence electrons. The van der Waals surface area contributed by atoms with Gasteiger partial charge >= 0.3 is 0 Å². The summed E-state index contributed by atoms with van der Waals surface area (Å²) in [5.41, 5.74) is 0. The first-order valence-corrected chi connectivity index (χ1v) is 8.95. The van der Waals surface area contributed by atoms with Crippen molar-refractivity contribution >= 4 is 10.0 Å². The third-order valence-electron chi connectivity index (χ3n) is 3.78. The molecule has 2 unspecified atom stereocenters. The van der Waals surface area contributed by atoms with Crippen LogP contribution in [0.25, 0.3) is 0 Å². The van der Waals surface area contributed by atoms with Crippen LogP contribution in [0.15, 0.2) is 0 Å². The Morgan fingerprint density at radius 2 is 1.89 bits per heavy atom. The van der Waals surface area contributed by atoms with E-state index in [1.165, 1.54) is 12.8 Å². The molecule has 1 fully saturated rings. The molecule has 2 N–H and O–H groups in total. The number of hydrogen-bond donors (Lipinski definition) is 2. The van der Waals surface area contributed by atoms with Gasteiger partial charge in [0.05, 0.1) is 5.75 Å². The Hall–Kier alpha value is -0.130. The normalized spacial score (nSPS) is 25.2. The van der Waals surface area contributed by atoms with Crippen molar-refractivity contribution in [2.75, 3.05) is 18.8 Å². The molecule has 1 rings (SSSR count). The van der Waals surface area contributed by atoms with E-state index in [0.717, 1.165) is 32.4 Å². The SMILES string of the molecule is CCNCCCS(=O)(=O)NC1CCCCC1CC. The van der Waals surface area contributed by atoms with Crippen molar-refractivity contribution in [3.8, 4) is 0 Å². The minimum absolute atomic E-state index is 0.174. The van der Waals surface area contributed by atoms with E-state index in [1.807, 2.05) is 6.92 Å². The molecule has 2 atom stereocenters. The highest BCUT2D eigenvalue weighted by molar-refractivity contribution is 7.89.